The summed E-state index contributed by atoms with van der Waals surface area (Å²) >= 11 is 0. The number of carbonyl (C=O) groups is 1. The standard InChI is InChI=1S/C18H26N2O2/c1-13(2)14-5-7-15(8-6-14)18(21)19-10-17-11-20-9-3-4-16(20)12-22-17/h5-8,13,16-17H,3-4,9-12H2,1-2H3,(H,19,21)/t16-,17+/m0/s1. The fourth-order valence-corrected chi connectivity index (χ4v) is 3.34. The predicted octanol–water partition coefficient (Wildman–Crippen LogP) is 2.40. The van der Waals surface area contributed by atoms with Gasteiger partial charge in [0.05, 0.1) is 12.7 Å². The molecule has 2 heterocycles. The van der Waals surface area contributed by atoms with Gasteiger partial charge in [0.1, 0.15) is 0 Å². The van der Waals surface area contributed by atoms with Gasteiger partial charge in [0.25, 0.3) is 5.91 Å². The van der Waals surface area contributed by atoms with E-state index in [-0.39, 0.29) is 12.0 Å². The first kappa shape index (κ1) is 15.5. The molecule has 4 nitrogen and oxygen atoms in total. The monoisotopic (exact) mass is 302 g/mol. The summed E-state index contributed by atoms with van der Waals surface area (Å²) in [5, 5.41) is 3.01. The van der Waals surface area contributed by atoms with E-state index in [1.165, 1.54) is 24.9 Å². The molecule has 0 spiro atoms. The average Bonchev–Trinajstić information content (AvgIpc) is 3.00. The molecule has 0 aromatic heterocycles. The highest BCUT2D eigenvalue weighted by Gasteiger charge is 2.32. The van der Waals surface area contributed by atoms with Crippen molar-refractivity contribution in [2.24, 2.45) is 0 Å². The van der Waals surface area contributed by atoms with E-state index >= 15 is 0 Å². The zero-order chi connectivity index (χ0) is 15.5. The van der Waals surface area contributed by atoms with Crippen molar-refractivity contribution < 1.29 is 9.53 Å². The molecule has 0 unspecified atom stereocenters. The molecule has 2 aliphatic rings. The van der Waals surface area contributed by atoms with Gasteiger partial charge in [-0.2, -0.15) is 0 Å². The first-order valence-corrected chi connectivity index (χ1v) is 8.37. The molecule has 22 heavy (non-hydrogen) atoms. The number of ether oxygens (including phenoxy) is 1. The predicted molar refractivity (Wildman–Crippen MR) is 87.2 cm³/mol. The fraction of sp³-hybridized carbons (Fsp3) is 0.611. The summed E-state index contributed by atoms with van der Waals surface area (Å²) < 4.78 is 5.87. The Bertz CT molecular complexity index is 512. The van der Waals surface area contributed by atoms with E-state index in [9.17, 15) is 4.79 Å². The molecule has 0 radical (unpaired) electrons. The van der Waals surface area contributed by atoms with Crippen molar-refractivity contribution in [3.8, 4) is 0 Å². The van der Waals surface area contributed by atoms with Gasteiger partial charge >= 0.3 is 0 Å². The Labute approximate surface area is 132 Å². The van der Waals surface area contributed by atoms with Crippen LogP contribution in [0.1, 0.15) is 48.5 Å². The second-order valence-electron chi connectivity index (χ2n) is 6.73. The van der Waals surface area contributed by atoms with E-state index < -0.39 is 0 Å². The molecule has 1 amide bonds. The molecule has 0 bridgehead atoms. The lowest BCUT2D eigenvalue weighted by atomic mass is 10.0. The van der Waals surface area contributed by atoms with Crippen LogP contribution in [0.5, 0.6) is 0 Å². The second kappa shape index (κ2) is 6.80. The minimum Gasteiger partial charge on any atom is -0.373 e. The Balaban J connectivity index is 1.49. The number of benzene rings is 1. The number of carbonyl (C=O) groups excluding carboxylic acids is 1. The van der Waals surface area contributed by atoms with Crippen molar-refractivity contribution in [2.45, 2.75) is 44.8 Å². The number of hydrogen-bond acceptors (Lipinski definition) is 3. The number of nitrogens with zero attached hydrogens (tertiary/aromatic N) is 1. The van der Waals surface area contributed by atoms with Gasteiger partial charge in [0, 0.05) is 24.7 Å². The lowest BCUT2D eigenvalue weighted by Gasteiger charge is -2.35. The largest absolute Gasteiger partial charge is 0.373 e. The van der Waals surface area contributed by atoms with E-state index in [0.29, 0.717) is 18.5 Å². The van der Waals surface area contributed by atoms with E-state index in [2.05, 4.69) is 24.1 Å². The van der Waals surface area contributed by atoms with E-state index in [1.807, 2.05) is 24.3 Å². The van der Waals surface area contributed by atoms with Gasteiger partial charge in [-0.15, -0.1) is 0 Å². The Morgan fingerprint density at radius 3 is 2.86 bits per heavy atom. The number of rotatable bonds is 4. The summed E-state index contributed by atoms with van der Waals surface area (Å²) in [6, 6.07) is 8.48. The zero-order valence-corrected chi connectivity index (χ0v) is 13.5. The average molecular weight is 302 g/mol. The SMILES string of the molecule is CC(C)c1ccc(C(=O)NC[C@@H]2CN3CCC[C@H]3CO2)cc1. The Morgan fingerprint density at radius 1 is 1.36 bits per heavy atom. The third-order valence-corrected chi connectivity index (χ3v) is 4.79. The molecule has 1 N–H and O–H groups in total. The van der Waals surface area contributed by atoms with Gasteiger partial charge < -0.3 is 10.1 Å². The normalized spacial score (nSPS) is 25.2. The summed E-state index contributed by atoms with van der Waals surface area (Å²) in [4.78, 5) is 14.7. The van der Waals surface area contributed by atoms with Gasteiger partial charge in [-0.25, -0.2) is 0 Å². The topological polar surface area (TPSA) is 41.6 Å². The molecular weight excluding hydrogens is 276 g/mol. The number of nitrogens with one attached hydrogen (secondary N) is 1. The first-order chi connectivity index (χ1) is 10.6. The van der Waals surface area contributed by atoms with Crippen molar-refractivity contribution in [3.63, 3.8) is 0 Å². The third kappa shape index (κ3) is 3.50. The minimum atomic E-state index is -0.0116. The molecule has 1 aromatic rings. The van der Waals surface area contributed by atoms with Crippen molar-refractivity contribution in [3.05, 3.63) is 35.4 Å². The molecule has 0 saturated carbocycles. The maximum absolute atomic E-state index is 12.2. The maximum Gasteiger partial charge on any atom is 0.251 e. The van der Waals surface area contributed by atoms with Crippen LogP contribution in [-0.4, -0.2) is 49.2 Å². The molecule has 2 atom stereocenters. The molecule has 3 rings (SSSR count). The van der Waals surface area contributed by atoms with Gasteiger partial charge in [0.2, 0.25) is 0 Å². The van der Waals surface area contributed by atoms with Crippen molar-refractivity contribution in [1.82, 2.24) is 10.2 Å². The molecule has 0 aliphatic carbocycles. The molecular formula is C18H26N2O2. The maximum atomic E-state index is 12.2. The Hall–Kier alpha value is -1.39. The molecule has 2 saturated heterocycles. The van der Waals surface area contributed by atoms with Crippen molar-refractivity contribution in [1.29, 1.82) is 0 Å². The summed E-state index contributed by atoms with van der Waals surface area (Å²) in [6.45, 7) is 7.83. The lowest BCUT2D eigenvalue weighted by molar-refractivity contribution is -0.0461. The van der Waals surface area contributed by atoms with Crippen molar-refractivity contribution >= 4 is 5.91 Å². The van der Waals surface area contributed by atoms with Gasteiger partial charge in [0.15, 0.2) is 0 Å². The Morgan fingerprint density at radius 2 is 2.14 bits per heavy atom. The third-order valence-electron chi connectivity index (χ3n) is 4.79. The lowest BCUT2D eigenvalue weighted by Crippen LogP contribution is -2.50. The molecule has 2 aliphatic heterocycles. The van der Waals surface area contributed by atoms with Crippen LogP contribution in [-0.2, 0) is 4.74 Å². The van der Waals surface area contributed by atoms with Crippen LogP contribution < -0.4 is 5.32 Å². The van der Waals surface area contributed by atoms with Gasteiger partial charge in [-0.1, -0.05) is 26.0 Å². The smallest absolute Gasteiger partial charge is 0.251 e. The van der Waals surface area contributed by atoms with E-state index in [0.717, 1.165) is 18.7 Å². The quantitative estimate of drug-likeness (QED) is 0.928. The number of fused-ring (bicyclic) bond motifs is 1. The summed E-state index contributed by atoms with van der Waals surface area (Å²) in [6.07, 6.45) is 2.64. The number of amides is 1. The highest BCUT2D eigenvalue weighted by molar-refractivity contribution is 5.94. The van der Waals surface area contributed by atoms with E-state index in [1.54, 1.807) is 0 Å². The highest BCUT2D eigenvalue weighted by Crippen LogP contribution is 2.22. The molecule has 1 aromatic carbocycles. The van der Waals surface area contributed by atoms with E-state index in [4.69, 9.17) is 4.74 Å². The van der Waals surface area contributed by atoms with Crippen LogP contribution in [0.2, 0.25) is 0 Å². The van der Waals surface area contributed by atoms with Crippen LogP contribution in [0.3, 0.4) is 0 Å². The van der Waals surface area contributed by atoms with Crippen LogP contribution in [0.4, 0.5) is 0 Å². The first-order valence-electron chi connectivity index (χ1n) is 8.37. The van der Waals surface area contributed by atoms with Crippen LogP contribution in [0.15, 0.2) is 24.3 Å². The number of hydrogen-bond donors (Lipinski definition) is 1. The number of morpholine rings is 1. The summed E-state index contributed by atoms with van der Waals surface area (Å²) in [7, 11) is 0. The van der Waals surface area contributed by atoms with Gasteiger partial charge in [-0.05, 0) is 43.0 Å². The molecule has 120 valence electrons. The van der Waals surface area contributed by atoms with Crippen LogP contribution >= 0.6 is 0 Å². The van der Waals surface area contributed by atoms with Crippen molar-refractivity contribution in [2.75, 3.05) is 26.2 Å². The fourth-order valence-electron chi connectivity index (χ4n) is 3.34. The summed E-state index contributed by atoms with van der Waals surface area (Å²) in [5.41, 5.74) is 1.98. The van der Waals surface area contributed by atoms with Gasteiger partial charge in [-0.3, -0.25) is 9.69 Å². The Kier molecular flexibility index (Phi) is 4.79. The zero-order valence-electron chi connectivity index (χ0n) is 13.5. The molecule has 2 fully saturated rings. The van der Waals surface area contributed by atoms with Crippen LogP contribution in [0.25, 0.3) is 0 Å². The summed E-state index contributed by atoms with van der Waals surface area (Å²) in [5.74, 6) is 0.476. The molecule has 4 heteroatoms. The second-order valence-corrected chi connectivity index (χ2v) is 6.73. The highest BCUT2D eigenvalue weighted by atomic mass is 16.5. The minimum absolute atomic E-state index is 0.0116. The van der Waals surface area contributed by atoms with Crippen LogP contribution in [0, 0.1) is 0 Å².